The maximum Gasteiger partial charge on any atom is 0.190 e. The molecule has 2 aromatic carbocycles. The van der Waals surface area contributed by atoms with Crippen LogP contribution >= 0.6 is 0 Å². The lowest BCUT2D eigenvalue weighted by Crippen LogP contribution is -2.44. The summed E-state index contributed by atoms with van der Waals surface area (Å²) in [5, 5.41) is 10.7. The Morgan fingerprint density at radius 2 is 1.55 bits per heavy atom. The maximum absolute atomic E-state index is 10.7. The molecule has 0 amide bonds. The summed E-state index contributed by atoms with van der Waals surface area (Å²) in [6.07, 6.45) is -2.89. The van der Waals surface area contributed by atoms with Gasteiger partial charge in [-0.25, -0.2) is 0 Å². The Bertz CT molecular complexity index is 765. The Morgan fingerprint density at radius 1 is 0.931 bits per heavy atom. The minimum atomic E-state index is -0.861. The third-order valence-electron chi connectivity index (χ3n) is 5.09. The van der Waals surface area contributed by atoms with Gasteiger partial charge in [0.25, 0.3) is 0 Å². The molecule has 156 valence electrons. The molecule has 2 aromatic rings. The summed E-state index contributed by atoms with van der Waals surface area (Å²) in [5.74, 6) is -0.747. The second kappa shape index (κ2) is 8.92. The summed E-state index contributed by atoms with van der Waals surface area (Å²) in [6.45, 7) is 4.64. The summed E-state index contributed by atoms with van der Waals surface area (Å²) < 4.78 is 29.7. The van der Waals surface area contributed by atoms with Crippen LogP contribution in [0.1, 0.15) is 25.0 Å². The smallest absolute Gasteiger partial charge is 0.190 e. The number of aliphatic hydroxyl groups excluding tert-OH is 1. The van der Waals surface area contributed by atoms with Gasteiger partial charge in [-0.2, -0.15) is 0 Å². The van der Waals surface area contributed by atoms with Gasteiger partial charge in [0.15, 0.2) is 12.1 Å². The van der Waals surface area contributed by atoms with Crippen LogP contribution in [0.3, 0.4) is 0 Å². The van der Waals surface area contributed by atoms with Crippen molar-refractivity contribution < 1.29 is 28.8 Å². The van der Waals surface area contributed by atoms with Crippen molar-refractivity contribution in [1.82, 2.24) is 0 Å². The van der Waals surface area contributed by atoms with Gasteiger partial charge in [0.2, 0.25) is 0 Å². The Morgan fingerprint density at radius 3 is 2.21 bits per heavy atom. The predicted molar refractivity (Wildman–Crippen MR) is 106 cm³/mol. The molecular formula is C23H28O6. The molecule has 2 saturated heterocycles. The topological polar surface area (TPSA) is 66.4 Å². The molecule has 6 nitrogen and oxygen atoms in total. The van der Waals surface area contributed by atoms with Gasteiger partial charge in [0.05, 0.1) is 19.8 Å². The van der Waals surface area contributed by atoms with E-state index in [1.807, 2.05) is 74.5 Å². The van der Waals surface area contributed by atoms with E-state index >= 15 is 0 Å². The molecule has 2 aliphatic rings. The van der Waals surface area contributed by atoms with E-state index in [0.29, 0.717) is 13.2 Å². The molecule has 29 heavy (non-hydrogen) atoms. The van der Waals surface area contributed by atoms with Gasteiger partial charge < -0.3 is 28.8 Å². The monoisotopic (exact) mass is 400 g/mol. The molecule has 0 saturated carbocycles. The first-order valence-corrected chi connectivity index (χ1v) is 9.98. The first-order chi connectivity index (χ1) is 14.0. The lowest BCUT2D eigenvalue weighted by molar-refractivity contribution is -0.233. The molecule has 0 unspecified atom stereocenters. The molecule has 0 aliphatic carbocycles. The average molecular weight is 400 g/mol. The first-order valence-electron chi connectivity index (χ1n) is 9.98. The summed E-state index contributed by atoms with van der Waals surface area (Å²) >= 11 is 0. The van der Waals surface area contributed by atoms with Crippen LogP contribution in [0.15, 0.2) is 60.7 Å². The molecular weight excluding hydrogens is 372 g/mol. The van der Waals surface area contributed by atoms with Gasteiger partial charge in [-0.1, -0.05) is 60.7 Å². The molecule has 6 heteroatoms. The van der Waals surface area contributed by atoms with Crippen LogP contribution in [0.25, 0.3) is 0 Å². The van der Waals surface area contributed by atoms with E-state index in [-0.39, 0.29) is 6.61 Å². The number of ether oxygens (including phenoxy) is 5. The second-order valence-corrected chi connectivity index (χ2v) is 7.90. The molecule has 0 spiro atoms. The van der Waals surface area contributed by atoms with E-state index < -0.39 is 36.5 Å². The molecule has 5 atom stereocenters. The van der Waals surface area contributed by atoms with E-state index in [9.17, 15) is 5.11 Å². The summed E-state index contributed by atoms with van der Waals surface area (Å²) in [7, 11) is 0. The summed E-state index contributed by atoms with van der Waals surface area (Å²) in [4.78, 5) is 0. The summed E-state index contributed by atoms with van der Waals surface area (Å²) in [5.41, 5.74) is 2.09. The number of rotatable bonds is 8. The molecule has 2 heterocycles. The van der Waals surface area contributed by atoms with Gasteiger partial charge in [-0.15, -0.1) is 0 Å². The van der Waals surface area contributed by atoms with Crippen molar-refractivity contribution in [3.05, 3.63) is 71.8 Å². The Hall–Kier alpha value is -1.80. The van der Waals surface area contributed by atoms with Crippen molar-refractivity contribution >= 4 is 0 Å². The minimum Gasteiger partial charge on any atom is -0.388 e. The van der Waals surface area contributed by atoms with Crippen LogP contribution in [0, 0.1) is 0 Å². The first kappa shape index (κ1) is 20.5. The largest absolute Gasteiger partial charge is 0.388 e. The van der Waals surface area contributed by atoms with Gasteiger partial charge >= 0.3 is 0 Å². The second-order valence-electron chi connectivity index (χ2n) is 7.90. The van der Waals surface area contributed by atoms with Crippen LogP contribution in [0.2, 0.25) is 0 Å². The fourth-order valence-electron chi connectivity index (χ4n) is 3.74. The van der Waals surface area contributed by atoms with E-state index in [2.05, 4.69) is 0 Å². The average Bonchev–Trinajstić information content (AvgIpc) is 3.19. The van der Waals surface area contributed by atoms with Gasteiger partial charge in [-0.3, -0.25) is 0 Å². The highest BCUT2D eigenvalue weighted by Gasteiger charge is 2.57. The number of hydrogen-bond acceptors (Lipinski definition) is 6. The van der Waals surface area contributed by atoms with E-state index in [1.54, 1.807) is 0 Å². The van der Waals surface area contributed by atoms with Crippen LogP contribution in [-0.4, -0.2) is 48.2 Å². The zero-order chi connectivity index (χ0) is 20.3. The van der Waals surface area contributed by atoms with Gasteiger partial charge in [0.1, 0.15) is 24.4 Å². The number of aliphatic hydroxyl groups is 1. The van der Waals surface area contributed by atoms with Gasteiger partial charge in [-0.05, 0) is 25.0 Å². The molecule has 2 aliphatic heterocycles. The van der Waals surface area contributed by atoms with Crippen molar-refractivity contribution in [2.24, 2.45) is 0 Å². The van der Waals surface area contributed by atoms with Crippen LogP contribution in [0.4, 0.5) is 0 Å². The third-order valence-corrected chi connectivity index (χ3v) is 5.09. The summed E-state index contributed by atoms with van der Waals surface area (Å²) in [6, 6.07) is 19.7. The standard InChI is InChI=1S/C23H28O6/c1-23(2)28-21-20(26-14-17-11-7-4-8-12-17)19(27-22(21)29-23)18(24)15-25-13-16-9-5-3-6-10-16/h3-12,18-22,24H,13-15H2,1-2H3/t18-,19-,20-,21-,22-/m1/s1. The van der Waals surface area contributed by atoms with Crippen LogP contribution < -0.4 is 0 Å². The van der Waals surface area contributed by atoms with Crippen molar-refractivity contribution in [1.29, 1.82) is 0 Å². The normalized spacial score (nSPS) is 28.9. The van der Waals surface area contributed by atoms with Crippen molar-refractivity contribution in [3.8, 4) is 0 Å². The zero-order valence-electron chi connectivity index (χ0n) is 16.8. The third kappa shape index (κ3) is 5.04. The maximum atomic E-state index is 10.7. The van der Waals surface area contributed by atoms with E-state index in [4.69, 9.17) is 23.7 Å². The minimum absolute atomic E-state index is 0.133. The highest BCUT2D eigenvalue weighted by Crippen LogP contribution is 2.40. The lowest BCUT2D eigenvalue weighted by Gasteiger charge is -2.28. The molecule has 0 bridgehead atoms. The Labute approximate surface area is 171 Å². The zero-order valence-corrected chi connectivity index (χ0v) is 16.8. The molecule has 0 aromatic heterocycles. The Balaban J connectivity index is 1.38. The lowest BCUT2D eigenvalue weighted by atomic mass is 10.1. The molecule has 1 N–H and O–H groups in total. The quantitative estimate of drug-likeness (QED) is 0.735. The molecule has 4 rings (SSSR count). The van der Waals surface area contributed by atoms with Crippen LogP contribution in [0.5, 0.6) is 0 Å². The predicted octanol–water partition coefficient (Wildman–Crippen LogP) is 3.03. The van der Waals surface area contributed by atoms with E-state index in [0.717, 1.165) is 11.1 Å². The number of benzene rings is 2. The highest BCUT2D eigenvalue weighted by molar-refractivity contribution is 5.14. The molecule has 2 fully saturated rings. The van der Waals surface area contributed by atoms with E-state index in [1.165, 1.54) is 0 Å². The van der Waals surface area contributed by atoms with Crippen molar-refractivity contribution in [3.63, 3.8) is 0 Å². The van der Waals surface area contributed by atoms with Crippen LogP contribution in [-0.2, 0) is 36.9 Å². The highest BCUT2D eigenvalue weighted by atomic mass is 16.8. The van der Waals surface area contributed by atoms with Crippen molar-refractivity contribution in [2.45, 2.75) is 63.6 Å². The fourth-order valence-corrected chi connectivity index (χ4v) is 3.74. The fraction of sp³-hybridized carbons (Fsp3) is 0.478. The van der Waals surface area contributed by atoms with Gasteiger partial charge in [0, 0.05) is 0 Å². The SMILES string of the molecule is CC1(C)O[C@H]2O[C@H]([C@H](O)COCc3ccccc3)[C@@H](OCc3ccccc3)[C@H]2O1. The number of hydrogen-bond donors (Lipinski definition) is 1. The molecule has 0 radical (unpaired) electrons. The van der Waals surface area contributed by atoms with Crippen molar-refractivity contribution in [2.75, 3.05) is 6.61 Å². The number of fused-ring (bicyclic) bond motifs is 1. The Kier molecular flexibility index (Phi) is 6.29.